The van der Waals surface area contributed by atoms with Crippen LogP contribution in [0.5, 0.6) is 0 Å². The number of benzene rings is 1. The average molecular weight is 358 g/mol. The van der Waals surface area contributed by atoms with Crippen molar-refractivity contribution in [3.05, 3.63) is 33.5 Å². The lowest BCUT2D eigenvalue weighted by Crippen LogP contribution is -2.08. The van der Waals surface area contributed by atoms with Gasteiger partial charge >= 0.3 is 6.18 Å². The second kappa shape index (κ2) is 4.24. The van der Waals surface area contributed by atoms with E-state index in [4.69, 9.17) is 4.42 Å². The Bertz CT molecular complexity index is 552. The SMILES string of the molecule is Fc1ccc(-c2nnc(I)o2)cc1C(F)(F)F. The number of hydrogen-bond donors (Lipinski definition) is 0. The van der Waals surface area contributed by atoms with E-state index < -0.39 is 17.6 Å². The van der Waals surface area contributed by atoms with Crippen molar-refractivity contribution in [2.24, 2.45) is 0 Å². The van der Waals surface area contributed by atoms with Crippen molar-refractivity contribution >= 4 is 22.6 Å². The van der Waals surface area contributed by atoms with Crippen LogP contribution in [0.4, 0.5) is 17.6 Å². The van der Waals surface area contributed by atoms with Crippen LogP contribution >= 0.6 is 22.6 Å². The number of nitrogens with zero attached hydrogens (tertiary/aromatic N) is 2. The van der Waals surface area contributed by atoms with Gasteiger partial charge in [0.1, 0.15) is 5.82 Å². The van der Waals surface area contributed by atoms with Crippen molar-refractivity contribution in [3.8, 4) is 11.5 Å². The molecular formula is C9H3F4IN2O. The highest BCUT2D eigenvalue weighted by Crippen LogP contribution is 2.33. The monoisotopic (exact) mass is 358 g/mol. The summed E-state index contributed by atoms with van der Waals surface area (Å²) in [7, 11) is 0. The van der Waals surface area contributed by atoms with Gasteiger partial charge in [-0.3, -0.25) is 0 Å². The maximum Gasteiger partial charge on any atom is 0.419 e. The maximum absolute atomic E-state index is 13.0. The fraction of sp³-hybridized carbons (Fsp3) is 0.111. The molecular weight excluding hydrogens is 355 g/mol. The second-order valence-corrected chi connectivity index (χ2v) is 3.98. The first-order chi connectivity index (χ1) is 7.88. The van der Waals surface area contributed by atoms with Crippen LogP contribution in [0.2, 0.25) is 0 Å². The molecule has 0 N–H and O–H groups in total. The molecule has 0 radical (unpaired) electrons. The van der Waals surface area contributed by atoms with Crippen LogP contribution in [-0.2, 0) is 6.18 Å². The summed E-state index contributed by atoms with van der Waals surface area (Å²) < 4.78 is 55.5. The Morgan fingerprint density at radius 1 is 1.18 bits per heavy atom. The molecule has 0 bridgehead atoms. The summed E-state index contributed by atoms with van der Waals surface area (Å²) in [6, 6.07) is 2.50. The van der Waals surface area contributed by atoms with E-state index in [9.17, 15) is 17.6 Å². The van der Waals surface area contributed by atoms with Crippen LogP contribution in [0.1, 0.15) is 5.56 Å². The molecule has 2 rings (SSSR count). The minimum Gasteiger partial charge on any atom is -0.412 e. The van der Waals surface area contributed by atoms with E-state index in [0.717, 1.165) is 12.1 Å². The topological polar surface area (TPSA) is 38.9 Å². The Kier molecular flexibility index (Phi) is 3.06. The van der Waals surface area contributed by atoms with E-state index >= 15 is 0 Å². The molecule has 1 aromatic carbocycles. The highest BCUT2D eigenvalue weighted by Gasteiger charge is 2.34. The number of rotatable bonds is 1. The highest BCUT2D eigenvalue weighted by molar-refractivity contribution is 14.1. The zero-order chi connectivity index (χ0) is 12.6. The Balaban J connectivity index is 2.51. The molecule has 0 saturated heterocycles. The predicted molar refractivity (Wildman–Crippen MR) is 57.4 cm³/mol. The van der Waals surface area contributed by atoms with Crippen molar-refractivity contribution in [2.45, 2.75) is 6.18 Å². The first kappa shape index (κ1) is 12.3. The molecule has 3 nitrogen and oxygen atoms in total. The number of hydrogen-bond acceptors (Lipinski definition) is 3. The van der Waals surface area contributed by atoms with Crippen LogP contribution < -0.4 is 0 Å². The van der Waals surface area contributed by atoms with Gasteiger partial charge in [-0.15, -0.1) is 10.2 Å². The summed E-state index contributed by atoms with van der Waals surface area (Å²) in [5.74, 6) is -1.42. The Morgan fingerprint density at radius 3 is 2.41 bits per heavy atom. The van der Waals surface area contributed by atoms with Gasteiger partial charge in [-0.2, -0.15) is 13.2 Å². The first-order valence-corrected chi connectivity index (χ1v) is 5.32. The van der Waals surface area contributed by atoms with Crippen LogP contribution in [0.25, 0.3) is 11.5 Å². The molecule has 0 aliphatic heterocycles. The Labute approximate surface area is 106 Å². The summed E-state index contributed by atoms with van der Waals surface area (Å²) in [6.45, 7) is 0. The van der Waals surface area contributed by atoms with Crippen molar-refractivity contribution < 1.29 is 22.0 Å². The van der Waals surface area contributed by atoms with Gasteiger partial charge in [0.05, 0.1) is 5.56 Å². The van der Waals surface area contributed by atoms with E-state index in [2.05, 4.69) is 10.2 Å². The van der Waals surface area contributed by atoms with E-state index in [1.54, 1.807) is 22.6 Å². The number of aromatic nitrogens is 2. The molecule has 17 heavy (non-hydrogen) atoms. The summed E-state index contributed by atoms with van der Waals surface area (Å²) in [5.41, 5.74) is -1.34. The molecule has 0 aliphatic rings. The van der Waals surface area contributed by atoms with Gasteiger partial charge in [0, 0.05) is 28.2 Å². The molecule has 2 aromatic rings. The average Bonchev–Trinajstić information content (AvgIpc) is 2.64. The van der Waals surface area contributed by atoms with Crippen LogP contribution in [0.15, 0.2) is 22.6 Å². The minimum atomic E-state index is -4.76. The van der Waals surface area contributed by atoms with Crippen LogP contribution in [0.3, 0.4) is 0 Å². The fourth-order valence-corrected chi connectivity index (χ4v) is 1.51. The maximum atomic E-state index is 13.0. The standard InChI is InChI=1S/C9H3F4IN2O/c10-6-2-1-4(3-5(6)9(11,12)13)7-15-16-8(14)17-7/h1-3H. The minimum absolute atomic E-state index is 0.0224. The Morgan fingerprint density at radius 2 is 1.88 bits per heavy atom. The number of alkyl halides is 3. The molecule has 0 atom stereocenters. The summed E-state index contributed by atoms with van der Waals surface area (Å²) in [6.07, 6.45) is -4.76. The molecule has 0 amide bonds. The normalized spacial score (nSPS) is 11.8. The summed E-state index contributed by atoms with van der Waals surface area (Å²) in [4.78, 5) is 0. The fourth-order valence-electron chi connectivity index (χ4n) is 1.20. The van der Waals surface area contributed by atoms with Gasteiger partial charge in [0.25, 0.3) is 3.90 Å². The lowest BCUT2D eigenvalue weighted by Gasteiger charge is -2.08. The molecule has 0 fully saturated rings. The zero-order valence-electron chi connectivity index (χ0n) is 7.92. The van der Waals surface area contributed by atoms with Crippen molar-refractivity contribution in [2.75, 3.05) is 0 Å². The third-order valence-electron chi connectivity index (χ3n) is 1.92. The molecule has 0 unspecified atom stereocenters. The second-order valence-electron chi connectivity index (χ2n) is 3.05. The smallest absolute Gasteiger partial charge is 0.412 e. The van der Waals surface area contributed by atoms with Crippen molar-refractivity contribution in [3.63, 3.8) is 0 Å². The van der Waals surface area contributed by atoms with Crippen molar-refractivity contribution in [1.82, 2.24) is 10.2 Å². The van der Waals surface area contributed by atoms with Crippen LogP contribution in [-0.4, -0.2) is 10.2 Å². The molecule has 1 aromatic heterocycles. The van der Waals surface area contributed by atoms with Crippen molar-refractivity contribution in [1.29, 1.82) is 0 Å². The first-order valence-electron chi connectivity index (χ1n) is 4.24. The lowest BCUT2D eigenvalue weighted by atomic mass is 10.1. The van der Waals surface area contributed by atoms with E-state index in [0.29, 0.717) is 6.07 Å². The highest BCUT2D eigenvalue weighted by atomic mass is 127. The van der Waals surface area contributed by atoms with Gasteiger partial charge in [0.2, 0.25) is 5.89 Å². The van der Waals surface area contributed by atoms with Gasteiger partial charge in [-0.05, 0) is 18.2 Å². The van der Waals surface area contributed by atoms with Gasteiger partial charge in [-0.25, -0.2) is 4.39 Å². The van der Waals surface area contributed by atoms with Gasteiger partial charge in [0.15, 0.2) is 0 Å². The predicted octanol–water partition coefficient (Wildman–Crippen LogP) is 3.50. The zero-order valence-corrected chi connectivity index (χ0v) is 10.1. The molecule has 0 aliphatic carbocycles. The van der Waals surface area contributed by atoms with E-state index in [1.165, 1.54) is 0 Å². The van der Waals surface area contributed by atoms with E-state index in [-0.39, 0.29) is 15.4 Å². The molecule has 0 saturated carbocycles. The lowest BCUT2D eigenvalue weighted by molar-refractivity contribution is -0.139. The Hall–Kier alpha value is -1.19. The number of halogens is 5. The van der Waals surface area contributed by atoms with Crippen LogP contribution in [0, 0.1) is 9.71 Å². The molecule has 1 heterocycles. The third-order valence-corrected chi connectivity index (χ3v) is 2.36. The third kappa shape index (κ3) is 2.56. The molecule has 90 valence electrons. The summed E-state index contributed by atoms with van der Waals surface area (Å²) in [5, 5.41) is 7.03. The molecule has 8 heteroatoms. The molecule has 0 spiro atoms. The summed E-state index contributed by atoms with van der Waals surface area (Å²) >= 11 is 1.72. The quantitative estimate of drug-likeness (QED) is 0.579. The van der Waals surface area contributed by atoms with E-state index in [1.807, 2.05) is 0 Å². The van der Waals surface area contributed by atoms with Gasteiger partial charge in [-0.1, -0.05) is 0 Å². The largest absolute Gasteiger partial charge is 0.419 e. The van der Waals surface area contributed by atoms with Gasteiger partial charge < -0.3 is 4.42 Å².